The van der Waals surface area contributed by atoms with Crippen LogP contribution in [0.2, 0.25) is 0 Å². The maximum absolute atomic E-state index is 13.3. The fraction of sp³-hybridized carbons (Fsp3) is 0.133. The molecule has 4 nitrogen and oxygen atoms in total. The number of rotatable bonds is 3. The average molecular weight is 273 g/mol. The number of halogens is 1. The third-order valence-electron chi connectivity index (χ3n) is 2.84. The van der Waals surface area contributed by atoms with Crippen LogP contribution in [0.1, 0.15) is 26.4 Å². The molecule has 0 aliphatic heterocycles. The number of carbonyl (C=O) groups is 2. The zero-order chi connectivity index (χ0) is 14.7. The second-order valence-electron chi connectivity index (χ2n) is 4.24. The van der Waals surface area contributed by atoms with Gasteiger partial charge in [0.25, 0.3) is 0 Å². The first-order chi connectivity index (χ1) is 9.55. The van der Waals surface area contributed by atoms with Crippen molar-refractivity contribution in [3.8, 4) is 11.3 Å². The van der Waals surface area contributed by atoms with E-state index in [1.54, 1.807) is 19.1 Å². The summed E-state index contributed by atoms with van der Waals surface area (Å²) >= 11 is 0. The average Bonchev–Trinajstić information content (AvgIpc) is 2.48. The van der Waals surface area contributed by atoms with E-state index >= 15 is 0 Å². The highest BCUT2D eigenvalue weighted by atomic mass is 19.1. The topological polar surface area (TPSA) is 56.3 Å². The highest BCUT2D eigenvalue weighted by molar-refractivity contribution is 5.92. The standard InChI is InChI=1S/C15H12FNO3/c1-9-5-10(3-4-13(9)16)14-7-11(15(19)20-2)6-12(8-18)17-14/h3-8H,1-2H3. The molecule has 102 valence electrons. The summed E-state index contributed by atoms with van der Waals surface area (Å²) in [5.74, 6) is -0.885. The van der Waals surface area contributed by atoms with Gasteiger partial charge in [-0.2, -0.15) is 0 Å². The minimum Gasteiger partial charge on any atom is -0.465 e. The quantitative estimate of drug-likeness (QED) is 0.637. The first-order valence-corrected chi connectivity index (χ1v) is 5.87. The van der Waals surface area contributed by atoms with Crippen molar-refractivity contribution in [2.75, 3.05) is 7.11 Å². The monoisotopic (exact) mass is 273 g/mol. The predicted molar refractivity (Wildman–Crippen MR) is 71.1 cm³/mol. The molecule has 0 aliphatic rings. The Morgan fingerprint density at radius 2 is 2.05 bits per heavy atom. The zero-order valence-electron chi connectivity index (χ0n) is 11.0. The van der Waals surface area contributed by atoms with Gasteiger partial charge in [0.15, 0.2) is 6.29 Å². The Hall–Kier alpha value is -2.56. The van der Waals surface area contributed by atoms with Gasteiger partial charge in [0.2, 0.25) is 0 Å². The highest BCUT2D eigenvalue weighted by Gasteiger charge is 2.12. The van der Waals surface area contributed by atoms with Crippen LogP contribution in [0, 0.1) is 12.7 Å². The van der Waals surface area contributed by atoms with Gasteiger partial charge in [0.1, 0.15) is 11.5 Å². The number of esters is 1. The molecule has 0 radical (unpaired) electrons. The number of hydrogen-bond donors (Lipinski definition) is 0. The smallest absolute Gasteiger partial charge is 0.338 e. The van der Waals surface area contributed by atoms with E-state index in [4.69, 9.17) is 0 Å². The molecule has 0 N–H and O–H groups in total. The maximum Gasteiger partial charge on any atom is 0.338 e. The molecule has 0 fully saturated rings. The Morgan fingerprint density at radius 3 is 2.65 bits per heavy atom. The van der Waals surface area contributed by atoms with Crippen molar-refractivity contribution in [3.05, 3.63) is 53.0 Å². The normalized spacial score (nSPS) is 10.2. The number of aromatic nitrogens is 1. The van der Waals surface area contributed by atoms with Crippen LogP contribution < -0.4 is 0 Å². The number of benzene rings is 1. The Morgan fingerprint density at radius 1 is 1.30 bits per heavy atom. The molecule has 0 saturated heterocycles. The van der Waals surface area contributed by atoms with Crippen LogP contribution in [-0.4, -0.2) is 24.3 Å². The van der Waals surface area contributed by atoms with Crippen LogP contribution >= 0.6 is 0 Å². The van der Waals surface area contributed by atoms with Gasteiger partial charge in [-0.3, -0.25) is 4.79 Å². The predicted octanol–water partition coefficient (Wildman–Crippen LogP) is 2.80. The molecular weight excluding hydrogens is 261 g/mol. The zero-order valence-corrected chi connectivity index (χ0v) is 11.0. The summed E-state index contributed by atoms with van der Waals surface area (Å²) in [6.07, 6.45) is 0.548. The number of hydrogen-bond acceptors (Lipinski definition) is 4. The van der Waals surface area contributed by atoms with Crippen LogP contribution in [0.4, 0.5) is 4.39 Å². The van der Waals surface area contributed by atoms with E-state index in [0.717, 1.165) is 0 Å². The molecule has 20 heavy (non-hydrogen) atoms. The maximum atomic E-state index is 13.3. The summed E-state index contributed by atoms with van der Waals surface area (Å²) in [5.41, 5.74) is 1.84. The van der Waals surface area contributed by atoms with E-state index in [-0.39, 0.29) is 17.1 Å². The third kappa shape index (κ3) is 2.71. The van der Waals surface area contributed by atoms with Gasteiger partial charge >= 0.3 is 5.97 Å². The Balaban J connectivity index is 2.57. The van der Waals surface area contributed by atoms with Crippen molar-refractivity contribution in [3.63, 3.8) is 0 Å². The third-order valence-corrected chi connectivity index (χ3v) is 2.84. The van der Waals surface area contributed by atoms with Crippen LogP contribution in [0.15, 0.2) is 30.3 Å². The number of aldehydes is 1. The molecule has 0 unspecified atom stereocenters. The van der Waals surface area contributed by atoms with Gasteiger partial charge in [0.05, 0.1) is 18.4 Å². The molecular formula is C15H12FNO3. The molecule has 1 aromatic carbocycles. The molecule has 0 spiro atoms. The van der Waals surface area contributed by atoms with E-state index < -0.39 is 5.97 Å². The van der Waals surface area contributed by atoms with Crippen molar-refractivity contribution >= 4 is 12.3 Å². The lowest BCUT2D eigenvalue weighted by Crippen LogP contribution is -2.04. The highest BCUT2D eigenvalue weighted by Crippen LogP contribution is 2.22. The number of pyridine rings is 1. The van der Waals surface area contributed by atoms with Gasteiger partial charge < -0.3 is 4.74 Å². The number of nitrogens with zero attached hydrogens (tertiary/aromatic N) is 1. The van der Waals surface area contributed by atoms with Gasteiger partial charge in [-0.05, 0) is 42.8 Å². The van der Waals surface area contributed by atoms with Crippen molar-refractivity contribution in [1.82, 2.24) is 4.98 Å². The van der Waals surface area contributed by atoms with Crippen LogP contribution in [0.3, 0.4) is 0 Å². The van der Waals surface area contributed by atoms with Gasteiger partial charge in [-0.25, -0.2) is 14.2 Å². The summed E-state index contributed by atoms with van der Waals surface area (Å²) < 4.78 is 17.9. The SMILES string of the molecule is COC(=O)c1cc(C=O)nc(-c2ccc(F)c(C)c2)c1. The summed E-state index contributed by atoms with van der Waals surface area (Å²) in [6.45, 7) is 1.63. The molecule has 0 saturated carbocycles. The first kappa shape index (κ1) is 13.9. The Bertz CT molecular complexity index is 683. The van der Waals surface area contributed by atoms with E-state index in [9.17, 15) is 14.0 Å². The fourth-order valence-corrected chi connectivity index (χ4v) is 1.80. The lowest BCUT2D eigenvalue weighted by Gasteiger charge is -2.06. The first-order valence-electron chi connectivity index (χ1n) is 5.87. The van der Waals surface area contributed by atoms with E-state index in [1.807, 2.05) is 0 Å². The van der Waals surface area contributed by atoms with Crippen LogP contribution in [0.25, 0.3) is 11.3 Å². The Kier molecular flexibility index (Phi) is 3.89. The lowest BCUT2D eigenvalue weighted by molar-refractivity contribution is 0.0600. The minimum absolute atomic E-state index is 0.116. The van der Waals surface area contributed by atoms with Crippen molar-refractivity contribution in [1.29, 1.82) is 0 Å². The molecule has 1 heterocycles. The summed E-state index contributed by atoms with van der Waals surface area (Å²) in [6, 6.07) is 7.32. The fourth-order valence-electron chi connectivity index (χ4n) is 1.80. The minimum atomic E-state index is -0.560. The number of methoxy groups -OCH3 is 1. The van der Waals surface area contributed by atoms with Gasteiger partial charge in [0, 0.05) is 5.56 Å². The van der Waals surface area contributed by atoms with E-state index in [2.05, 4.69) is 9.72 Å². The van der Waals surface area contributed by atoms with Gasteiger partial charge in [-0.1, -0.05) is 0 Å². The molecule has 0 bridgehead atoms. The van der Waals surface area contributed by atoms with Gasteiger partial charge in [-0.15, -0.1) is 0 Å². The number of ether oxygens (including phenoxy) is 1. The molecule has 0 amide bonds. The molecule has 2 rings (SSSR count). The van der Waals surface area contributed by atoms with Crippen LogP contribution in [0.5, 0.6) is 0 Å². The molecule has 5 heteroatoms. The van der Waals surface area contributed by atoms with Crippen molar-refractivity contribution < 1.29 is 18.7 Å². The van der Waals surface area contributed by atoms with Crippen molar-refractivity contribution in [2.24, 2.45) is 0 Å². The Labute approximate surface area is 115 Å². The largest absolute Gasteiger partial charge is 0.465 e. The summed E-state index contributed by atoms with van der Waals surface area (Å²) in [5, 5.41) is 0. The van der Waals surface area contributed by atoms with Crippen molar-refractivity contribution in [2.45, 2.75) is 6.92 Å². The van der Waals surface area contributed by atoms with Crippen LogP contribution in [-0.2, 0) is 4.74 Å². The molecule has 0 atom stereocenters. The number of aryl methyl sites for hydroxylation is 1. The molecule has 1 aromatic heterocycles. The van der Waals surface area contributed by atoms with E-state index in [0.29, 0.717) is 23.1 Å². The lowest BCUT2D eigenvalue weighted by atomic mass is 10.1. The second-order valence-corrected chi connectivity index (χ2v) is 4.24. The molecule has 2 aromatic rings. The number of carbonyl (C=O) groups excluding carboxylic acids is 2. The van der Waals surface area contributed by atoms with E-state index in [1.165, 1.54) is 25.3 Å². The summed E-state index contributed by atoms with van der Waals surface area (Å²) in [7, 11) is 1.26. The summed E-state index contributed by atoms with van der Waals surface area (Å²) in [4.78, 5) is 26.6. The second kappa shape index (κ2) is 5.61. The molecule has 0 aliphatic carbocycles.